The summed E-state index contributed by atoms with van der Waals surface area (Å²) in [6, 6.07) is 18.4. The second kappa shape index (κ2) is 10.1. The molecule has 0 N–H and O–H groups in total. The second-order valence-corrected chi connectivity index (χ2v) is 8.40. The first-order chi connectivity index (χ1) is 16.0. The highest BCUT2D eigenvalue weighted by Gasteiger charge is 2.22. The first kappa shape index (κ1) is 23.0. The van der Waals surface area contributed by atoms with Gasteiger partial charge in [0.15, 0.2) is 11.5 Å². The van der Waals surface area contributed by atoms with Crippen LogP contribution in [0.15, 0.2) is 76.8 Å². The van der Waals surface area contributed by atoms with Gasteiger partial charge in [0.05, 0.1) is 24.3 Å². The monoisotopic (exact) mass is 526 g/mol. The van der Waals surface area contributed by atoms with Crippen molar-refractivity contribution in [1.29, 1.82) is 0 Å². The number of benzene rings is 3. The molecule has 0 saturated carbocycles. The molecule has 3 aromatic carbocycles. The predicted octanol–water partition coefficient (Wildman–Crippen LogP) is 6.68. The van der Waals surface area contributed by atoms with Crippen molar-refractivity contribution < 1.29 is 23.7 Å². The minimum Gasteiger partial charge on any atom is -0.497 e. The quantitative estimate of drug-likeness (QED) is 0.253. The number of ether oxygens (including phenoxy) is 4. The molecule has 3 aromatic rings. The number of halogens is 2. The number of methoxy groups -OCH3 is 2. The van der Waals surface area contributed by atoms with Crippen LogP contribution in [-0.4, -0.2) is 20.2 Å². The van der Waals surface area contributed by atoms with Crippen LogP contribution in [-0.2, 0) is 16.1 Å². The lowest BCUT2D eigenvalue weighted by Gasteiger charge is -2.14. The third kappa shape index (κ3) is 5.24. The molecule has 7 heteroatoms. The number of rotatable bonds is 7. The van der Waals surface area contributed by atoms with Gasteiger partial charge in [-0.25, -0.2) is 4.79 Å². The van der Waals surface area contributed by atoms with Crippen molar-refractivity contribution in [3.8, 4) is 17.2 Å². The fraction of sp³-hybridized carbons (Fsp3) is 0.115. The van der Waals surface area contributed by atoms with E-state index in [-0.39, 0.29) is 6.61 Å². The molecule has 168 valence electrons. The van der Waals surface area contributed by atoms with E-state index in [0.717, 1.165) is 22.4 Å². The summed E-state index contributed by atoms with van der Waals surface area (Å²) in [4.78, 5) is 12.4. The fourth-order valence-electron chi connectivity index (χ4n) is 3.29. The van der Waals surface area contributed by atoms with Gasteiger partial charge in [-0.05, 0) is 76.1 Å². The molecule has 0 fully saturated rings. The Morgan fingerprint density at radius 1 is 1.03 bits per heavy atom. The van der Waals surface area contributed by atoms with E-state index >= 15 is 0 Å². The van der Waals surface area contributed by atoms with E-state index in [2.05, 4.69) is 15.9 Å². The molecular weight excluding hydrogens is 508 g/mol. The van der Waals surface area contributed by atoms with Crippen LogP contribution in [0.25, 0.3) is 11.8 Å². The fourth-order valence-corrected chi connectivity index (χ4v) is 4.06. The topological polar surface area (TPSA) is 54.0 Å². The highest BCUT2D eigenvalue weighted by Crippen LogP contribution is 2.38. The summed E-state index contributed by atoms with van der Waals surface area (Å²) >= 11 is 9.77. The minimum atomic E-state index is -0.421. The molecular formula is C26H20BrClO5. The molecule has 0 saturated heterocycles. The van der Waals surface area contributed by atoms with Crippen LogP contribution >= 0.6 is 27.5 Å². The van der Waals surface area contributed by atoms with Gasteiger partial charge in [-0.15, -0.1) is 0 Å². The van der Waals surface area contributed by atoms with E-state index in [9.17, 15) is 4.79 Å². The zero-order chi connectivity index (χ0) is 23.4. The van der Waals surface area contributed by atoms with E-state index in [1.807, 2.05) is 54.6 Å². The van der Waals surface area contributed by atoms with E-state index in [0.29, 0.717) is 32.3 Å². The van der Waals surface area contributed by atoms with Crippen LogP contribution in [0.4, 0.5) is 0 Å². The van der Waals surface area contributed by atoms with Gasteiger partial charge in [0.25, 0.3) is 0 Å². The van der Waals surface area contributed by atoms with Gasteiger partial charge in [-0.3, -0.25) is 0 Å². The molecule has 4 rings (SSSR count). The SMILES string of the molecule is COc1ccc(C2=C/C(=C\c3cc(Br)c(OCc4ccccc4Cl)c(OC)c3)C(=O)O2)cc1. The van der Waals surface area contributed by atoms with Gasteiger partial charge in [-0.1, -0.05) is 29.8 Å². The minimum absolute atomic E-state index is 0.287. The van der Waals surface area contributed by atoms with Crippen LogP contribution in [0.2, 0.25) is 5.02 Å². The van der Waals surface area contributed by atoms with Crippen LogP contribution < -0.4 is 14.2 Å². The molecule has 0 amide bonds. The van der Waals surface area contributed by atoms with Gasteiger partial charge in [0.2, 0.25) is 0 Å². The summed E-state index contributed by atoms with van der Waals surface area (Å²) in [6.07, 6.45) is 3.45. The van der Waals surface area contributed by atoms with Crippen molar-refractivity contribution in [2.24, 2.45) is 0 Å². The second-order valence-electron chi connectivity index (χ2n) is 7.14. The molecule has 0 atom stereocenters. The van der Waals surface area contributed by atoms with Gasteiger partial charge in [0, 0.05) is 16.1 Å². The van der Waals surface area contributed by atoms with Crippen molar-refractivity contribution in [3.63, 3.8) is 0 Å². The smallest absolute Gasteiger partial charge is 0.343 e. The lowest BCUT2D eigenvalue weighted by atomic mass is 10.1. The Bertz CT molecular complexity index is 1250. The average molecular weight is 528 g/mol. The molecule has 0 unspecified atom stereocenters. The maximum absolute atomic E-state index is 12.4. The number of carbonyl (C=O) groups is 1. The van der Waals surface area contributed by atoms with E-state index in [1.54, 1.807) is 32.4 Å². The van der Waals surface area contributed by atoms with E-state index in [4.69, 9.17) is 30.5 Å². The molecule has 33 heavy (non-hydrogen) atoms. The number of hydrogen-bond donors (Lipinski definition) is 0. The van der Waals surface area contributed by atoms with E-state index < -0.39 is 5.97 Å². The molecule has 0 spiro atoms. The largest absolute Gasteiger partial charge is 0.497 e. The Hall–Kier alpha value is -3.22. The maximum Gasteiger partial charge on any atom is 0.343 e. The van der Waals surface area contributed by atoms with Crippen molar-refractivity contribution >= 4 is 45.3 Å². The normalized spacial score (nSPS) is 14.1. The summed E-state index contributed by atoms with van der Waals surface area (Å²) in [5, 5.41) is 0.633. The van der Waals surface area contributed by atoms with Crippen molar-refractivity contribution in [1.82, 2.24) is 0 Å². The molecule has 0 bridgehead atoms. The Morgan fingerprint density at radius 3 is 2.48 bits per heavy atom. The van der Waals surface area contributed by atoms with Gasteiger partial charge < -0.3 is 18.9 Å². The number of esters is 1. The van der Waals surface area contributed by atoms with Crippen molar-refractivity contribution in [2.45, 2.75) is 6.61 Å². The summed E-state index contributed by atoms with van der Waals surface area (Å²) in [7, 11) is 3.16. The third-order valence-corrected chi connectivity index (χ3v) is 5.96. The Morgan fingerprint density at radius 2 is 1.79 bits per heavy atom. The Labute approximate surface area is 205 Å². The van der Waals surface area contributed by atoms with Gasteiger partial charge >= 0.3 is 5.97 Å². The molecule has 5 nitrogen and oxygen atoms in total. The average Bonchev–Trinajstić information content (AvgIpc) is 3.19. The number of hydrogen-bond acceptors (Lipinski definition) is 5. The Kier molecular flexibility index (Phi) is 7.06. The molecule has 1 aliphatic rings. The first-order valence-electron chi connectivity index (χ1n) is 10.0. The van der Waals surface area contributed by atoms with Crippen molar-refractivity contribution in [2.75, 3.05) is 14.2 Å². The lowest BCUT2D eigenvalue weighted by Crippen LogP contribution is -2.00. The highest BCUT2D eigenvalue weighted by molar-refractivity contribution is 9.10. The van der Waals surface area contributed by atoms with Crippen molar-refractivity contribution in [3.05, 3.63) is 98.5 Å². The van der Waals surface area contributed by atoms with Gasteiger partial charge in [-0.2, -0.15) is 0 Å². The molecule has 1 heterocycles. The predicted molar refractivity (Wildman–Crippen MR) is 132 cm³/mol. The summed E-state index contributed by atoms with van der Waals surface area (Å²) < 4.78 is 22.8. The molecule has 1 aliphatic heterocycles. The molecule has 0 aliphatic carbocycles. The standard InChI is InChI=1S/C26H20BrClO5/c1-30-20-9-7-17(8-10-20)23-14-19(26(29)33-23)11-16-12-21(27)25(24(13-16)31-2)32-15-18-5-3-4-6-22(18)28/h3-14H,15H2,1-2H3/b19-11+. The highest BCUT2D eigenvalue weighted by atomic mass is 79.9. The maximum atomic E-state index is 12.4. The van der Waals surface area contributed by atoms with Crippen LogP contribution in [0.1, 0.15) is 16.7 Å². The van der Waals surface area contributed by atoms with E-state index in [1.165, 1.54) is 0 Å². The zero-order valence-electron chi connectivity index (χ0n) is 17.9. The van der Waals surface area contributed by atoms with Gasteiger partial charge in [0.1, 0.15) is 18.1 Å². The van der Waals surface area contributed by atoms with Crippen LogP contribution in [0, 0.1) is 0 Å². The summed E-state index contributed by atoms with van der Waals surface area (Å²) in [5.74, 6) is 1.86. The zero-order valence-corrected chi connectivity index (χ0v) is 20.3. The summed E-state index contributed by atoms with van der Waals surface area (Å²) in [5.41, 5.74) is 2.83. The van der Waals surface area contributed by atoms with Crippen LogP contribution in [0.5, 0.6) is 17.2 Å². The number of carbonyl (C=O) groups excluding carboxylic acids is 1. The Balaban J connectivity index is 1.58. The molecule has 0 radical (unpaired) electrons. The molecule has 0 aromatic heterocycles. The summed E-state index contributed by atoms with van der Waals surface area (Å²) in [6.45, 7) is 0.287. The van der Waals surface area contributed by atoms with Crippen LogP contribution in [0.3, 0.4) is 0 Å². The lowest BCUT2D eigenvalue weighted by molar-refractivity contribution is -0.130. The third-order valence-electron chi connectivity index (χ3n) is 5.00. The first-order valence-corrected chi connectivity index (χ1v) is 11.2. The number of cyclic esters (lactones) is 1.